The lowest BCUT2D eigenvalue weighted by atomic mass is 9.78. The number of nitrogens with zero attached hydrogens (tertiary/aromatic N) is 2. The van der Waals surface area contributed by atoms with Gasteiger partial charge in [-0.15, -0.1) is 11.8 Å². The van der Waals surface area contributed by atoms with Crippen LogP contribution in [0.3, 0.4) is 0 Å². The monoisotopic (exact) mass is 634 g/mol. The quantitative estimate of drug-likeness (QED) is 0.134. The molecule has 0 fully saturated rings. The topological polar surface area (TPSA) is 95.2 Å². The van der Waals surface area contributed by atoms with E-state index in [2.05, 4.69) is 23.8 Å². The number of aliphatic imine (C=N–C) groups is 2. The molecule has 11 heteroatoms. The third-order valence-corrected chi connectivity index (χ3v) is 7.77. The van der Waals surface area contributed by atoms with Crippen molar-refractivity contribution in [1.82, 2.24) is 0 Å². The van der Waals surface area contributed by atoms with E-state index in [0.717, 1.165) is 28.8 Å². The first kappa shape index (κ1) is 35.6. The van der Waals surface area contributed by atoms with E-state index in [9.17, 15) is 13.2 Å². The van der Waals surface area contributed by atoms with Crippen molar-refractivity contribution in [2.45, 2.75) is 45.8 Å². The summed E-state index contributed by atoms with van der Waals surface area (Å²) in [5.74, 6) is -0.853. The molecule has 0 radical (unpaired) electrons. The zero-order valence-electron chi connectivity index (χ0n) is 25.2. The van der Waals surface area contributed by atoms with Gasteiger partial charge in [0.05, 0.1) is 23.7 Å². The SMILES string of the molecule is COc1cc(C(C)(C)/C(C)=C/N=C(C)SCc2c(F)cc(OCCN=C(N)N)cc2F)ccc1Cl.Cc1ccc(F)cc1. The minimum atomic E-state index is -0.688. The molecule has 0 aliphatic carbocycles. The fraction of sp³-hybridized carbons (Fsp3) is 0.312. The second-order valence-electron chi connectivity index (χ2n) is 10.0. The Morgan fingerprint density at radius 1 is 1.00 bits per heavy atom. The molecular weight excluding hydrogens is 597 g/mol. The first-order valence-corrected chi connectivity index (χ1v) is 14.7. The van der Waals surface area contributed by atoms with Gasteiger partial charge in [0.1, 0.15) is 35.6 Å². The highest BCUT2D eigenvalue weighted by Gasteiger charge is 2.24. The molecule has 0 aliphatic heterocycles. The van der Waals surface area contributed by atoms with Crippen molar-refractivity contribution >= 4 is 34.4 Å². The number of ether oxygens (including phenoxy) is 2. The van der Waals surface area contributed by atoms with Crippen molar-refractivity contribution in [1.29, 1.82) is 0 Å². The summed E-state index contributed by atoms with van der Waals surface area (Å²) in [6.07, 6.45) is 1.77. The molecule has 0 spiro atoms. The van der Waals surface area contributed by atoms with Gasteiger partial charge in [0.2, 0.25) is 0 Å². The lowest BCUT2D eigenvalue weighted by Gasteiger charge is -2.27. The van der Waals surface area contributed by atoms with E-state index in [1.54, 1.807) is 38.4 Å². The Kier molecular flexibility index (Phi) is 13.9. The van der Waals surface area contributed by atoms with Crippen LogP contribution in [-0.4, -0.2) is 31.3 Å². The molecule has 6 nitrogen and oxygen atoms in total. The van der Waals surface area contributed by atoms with Gasteiger partial charge < -0.3 is 20.9 Å². The highest BCUT2D eigenvalue weighted by molar-refractivity contribution is 8.13. The molecule has 3 aromatic rings. The van der Waals surface area contributed by atoms with Gasteiger partial charge in [-0.05, 0) is 56.2 Å². The zero-order chi connectivity index (χ0) is 32.2. The van der Waals surface area contributed by atoms with Gasteiger partial charge in [-0.3, -0.25) is 9.98 Å². The van der Waals surface area contributed by atoms with Gasteiger partial charge in [-0.25, -0.2) is 13.2 Å². The van der Waals surface area contributed by atoms with E-state index >= 15 is 0 Å². The fourth-order valence-corrected chi connectivity index (χ4v) is 4.46. The van der Waals surface area contributed by atoms with Crippen molar-refractivity contribution in [3.05, 3.63) is 106 Å². The van der Waals surface area contributed by atoms with Crippen LogP contribution in [0.25, 0.3) is 0 Å². The number of benzene rings is 3. The van der Waals surface area contributed by atoms with Gasteiger partial charge in [-0.1, -0.05) is 49.2 Å². The van der Waals surface area contributed by atoms with E-state index < -0.39 is 11.6 Å². The summed E-state index contributed by atoms with van der Waals surface area (Å²) in [5.41, 5.74) is 13.2. The van der Waals surface area contributed by atoms with Crippen molar-refractivity contribution < 1.29 is 22.6 Å². The van der Waals surface area contributed by atoms with Crippen LogP contribution in [0.15, 0.2) is 76.4 Å². The average molecular weight is 635 g/mol. The van der Waals surface area contributed by atoms with E-state index in [-0.39, 0.29) is 47.4 Å². The standard InChI is InChI=1S/C25H31ClF2N4O2S.C7H7F/c1-15(25(3,4)17-6-7-20(26)23(10-17)33-5)13-32-16(2)35-14-19-21(27)11-18(12-22(19)28)34-9-8-31-24(29)30;1-6-2-4-7(8)5-3-6/h6-7,10-13H,8-9,14H2,1-5H3,(H4,29,30,31);2-5H,1H3/b15-13+,32-16?;. The maximum atomic E-state index is 14.5. The van der Waals surface area contributed by atoms with Gasteiger partial charge in [0.25, 0.3) is 0 Å². The summed E-state index contributed by atoms with van der Waals surface area (Å²) >= 11 is 7.39. The molecule has 3 rings (SSSR count). The Labute approximate surface area is 261 Å². The predicted octanol–water partition coefficient (Wildman–Crippen LogP) is 7.95. The van der Waals surface area contributed by atoms with Gasteiger partial charge >= 0.3 is 0 Å². The summed E-state index contributed by atoms with van der Waals surface area (Å²) in [6, 6.07) is 14.4. The normalized spacial score (nSPS) is 11.9. The highest BCUT2D eigenvalue weighted by atomic mass is 35.5. The molecule has 0 unspecified atom stereocenters. The molecule has 0 amide bonds. The number of allylic oxidation sites excluding steroid dienone is 1. The third-order valence-electron chi connectivity index (χ3n) is 6.50. The number of methoxy groups -OCH3 is 1. The maximum Gasteiger partial charge on any atom is 0.186 e. The minimum absolute atomic E-state index is 0.0459. The minimum Gasteiger partial charge on any atom is -0.495 e. The van der Waals surface area contributed by atoms with Crippen LogP contribution in [0.1, 0.15) is 44.4 Å². The number of rotatable bonds is 10. The number of hydrogen-bond acceptors (Lipinski definition) is 5. The Morgan fingerprint density at radius 2 is 1.63 bits per heavy atom. The lowest BCUT2D eigenvalue weighted by molar-refractivity contribution is 0.324. The van der Waals surface area contributed by atoms with Crippen LogP contribution in [0.4, 0.5) is 13.2 Å². The number of guanidine groups is 1. The summed E-state index contributed by atoms with van der Waals surface area (Å²) in [5, 5.41) is 1.22. The third kappa shape index (κ3) is 11.5. The molecule has 0 saturated carbocycles. The predicted molar refractivity (Wildman–Crippen MR) is 173 cm³/mol. The maximum absolute atomic E-state index is 14.5. The number of nitrogens with two attached hydrogens (primary N) is 2. The van der Waals surface area contributed by atoms with E-state index in [1.807, 2.05) is 26.0 Å². The largest absolute Gasteiger partial charge is 0.495 e. The zero-order valence-corrected chi connectivity index (χ0v) is 26.8. The summed E-state index contributed by atoms with van der Waals surface area (Å²) in [4.78, 5) is 8.24. The van der Waals surface area contributed by atoms with Crippen LogP contribution < -0.4 is 20.9 Å². The van der Waals surface area contributed by atoms with Crippen LogP contribution in [0, 0.1) is 24.4 Å². The molecule has 0 bridgehead atoms. The van der Waals surface area contributed by atoms with Crippen LogP contribution in [-0.2, 0) is 11.2 Å². The second-order valence-corrected chi connectivity index (χ2v) is 11.6. The first-order valence-electron chi connectivity index (χ1n) is 13.3. The Balaban J connectivity index is 0.000000694. The molecule has 0 heterocycles. The molecular formula is C32H38ClF3N4O2S. The summed E-state index contributed by atoms with van der Waals surface area (Å²) < 4.78 is 51.7. The number of thioether (sulfide) groups is 1. The molecule has 43 heavy (non-hydrogen) atoms. The van der Waals surface area contributed by atoms with E-state index in [1.165, 1.54) is 23.9 Å². The fourth-order valence-electron chi connectivity index (χ4n) is 3.51. The van der Waals surface area contributed by atoms with Crippen molar-refractivity contribution in [2.24, 2.45) is 21.5 Å². The van der Waals surface area contributed by atoms with Crippen molar-refractivity contribution in [2.75, 3.05) is 20.3 Å². The lowest BCUT2D eigenvalue weighted by Crippen LogP contribution is -2.23. The number of hydrogen-bond donors (Lipinski definition) is 2. The summed E-state index contributed by atoms with van der Waals surface area (Å²) in [7, 11) is 1.58. The van der Waals surface area contributed by atoms with Gasteiger partial charge in [0, 0.05) is 35.1 Å². The molecule has 0 aliphatic rings. The van der Waals surface area contributed by atoms with Gasteiger partial charge in [0.15, 0.2) is 5.96 Å². The molecule has 0 aromatic heterocycles. The molecule has 0 atom stereocenters. The van der Waals surface area contributed by atoms with E-state index in [0.29, 0.717) is 15.8 Å². The number of aryl methyl sites for hydroxylation is 1. The highest BCUT2D eigenvalue weighted by Crippen LogP contribution is 2.36. The van der Waals surface area contributed by atoms with Crippen LogP contribution in [0.2, 0.25) is 5.02 Å². The van der Waals surface area contributed by atoms with Crippen LogP contribution in [0.5, 0.6) is 11.5 Å². The first-order chi connectivity index (χ1) is 20.2. The average Bonchev–Trinajstić information content (AvgIpc) is 2.95. The molecule has 4 N–H and O–H groups in total. The van der Waals surface area contributed by atoms with E-state index in [4.69, 9.17) is 32.5 Å². The Bertz CT molecular complexity index is 1410. The Hall–Kier alpha value is -3.63. The van der Waals surface area contributed by atoms with Crippen molar-refractivity contribution in [3.63, 3.8) is 0 Å². The summed E-state index contributed by atoms with van der Waals surface area (Å²) in [6.45, 7) is 10.1. The van der Waals surface area contributed by atoms with Crippen LogP contribution >= 0.6 is 23.4 Å². The smallest absolute Gasteiger partial charge is 0.186 e. The van der Waals surface area contributed by atoms with Crippen molar-refractivity contribution in [3.8, 4) is 11.5 Å². The molecule has 3 aromatic carbocycles. The second kappa shape index (κ2) is 16.9. The molecule has 0 saturated heterocycles. The van der Waals surface area contributed by atoms with Gasteiger partial charge in [-0.2, -0.15) is 0 Å². The Morgan fingerprint density at radius 3 is 2.19 bits per heavy atom. The molecule has 232 valence electrons. The number of halogens is 4.